The van der Waals surface area contributed by atoms with Crippen molar-refractivity contribution in [3.63, 3.8) is 0 Å². The van der Waals surface area contributed by atoms with Crippen LogP contribution in [0.4, 0.5) is 0 Å². The fourth-order valence-corrected chi connectivity index (χ4v) is 3.09. The molecule has 0 fully saturated rings. The van der Waals surface area contributed by atoms with Crippen molar-refractivity contribution < 1.29 is 19.5 Å². The number of nitrogens with zero attached hydrogens (tertiary/aromatic N) is 2. The van der Waals surface area contributed by atoms with Crippen LogP contribution in [-0.4, -0.2) is 31.8 Å². The van der Waals surface area contributed by atoms with E-state index >= 15 is 0 Å². The van der Waals surface area contributed by atoms with Crippen LogP contribution in [0.2, 0.25) is 0 Å². The summed E-state index contributed by atoms with van der Waals surface area (Å²) in [6.07, 6.45) is 2.98. The lowest BCUT2D eigenvalue weighted by molar-refractivity contribution is 0.0964. The Morgan fingerprint density at radius 1 is 1.17 bits per heavy atom. The van der Waals surface area contributed by atoms with Crippen LogP contribution >= 0.6 is 0 Å². The molecule has 0 saturated carbocycles. The Kier molecular flexibility index (Phi) is 2.54. The van der Waals surface area contributed by atoms with Crippen LogP contribution in [0.5, 0.6) is 5.75 Å². The van der Waals surface area contributed by atoms with E-state index in [4.69, 9.17) is 0 Å². The molecule has 0 aromatic carbocycles. The van der Waals surface area contributed by atoms with Crippen molar-refractivity contribution in [2.75, 3.05) is 0 Å². The second-order valence-corrected chi connectivity index (χ2v) is 5.32. The predicted molar refractivity (Wildman–Crippen MR) is 80.2 cm³/mol. The molecule has 0 amide bonds. The molecule has 6 heteroatoms. The maximum Gasteiger partial charge on any atom is 0.229 e. The quantitative estimate of drug-likeness (QED) is 0.543. The van der Waals surface area contributed by atoms with Gasteiger partial charge in [0, 0.05) is 12.4 Å². The van der Waals surface area contributed by atoms with Gasteiger partial charge in [-0.2, -0.15) is 0 Å². The van der Waals surface area contributed by atoms with Gasteiger partial charge in [0.25, 0.3) is 0 Å². The summed E-state index contributed by atoms with van der Waals surface area (Å²) in [5, 5.41) is 10.1. The molecule has 3 aromatic heterocycles. The molecule has 0 unspecified atom stereocenters. The molecular formula is C17H10N2O4. The minimum absolute atomic E-state index is 0.0319. The normalized spacial score (nSPS) is 13.1. The van der Waals surface area contributed by atoms with Crippen molar-refractivity contribution in [2.45, 2.75) is 6.92 Å². The van der Waals surface area contributed by atoms with E-state index in [-0.39, 0.29) is 39.3 Å². The molecule has 23 heavy (non-hydrogen) atoms. The Morgan fingerprint density at radius 3 is 2.70 bits per heavy atom. The monoisotopic (exact) mass is 306 g/mol. The highest BCUT2D eigenvalue weighted by Gasteiger charge is 2.38. The Bertz CT molecular complexity index is 1050. The summed E-state index contributed by atoms with van der Waals surface area (Å²) in [6, 6.07) is 6.03. The van der Waals surface area contributed by atoms with Gasteiger partial charge in [-0.1, -0.05) is 0 Å². The lowest BCUT2D eigenvalue weighted by Crippen LogP contribution is -2.23. The van der Waals surface area contributed by atoms with Gasteiger partial charge in [0.05, 0.1) is 22.2 Å². The van der Waals surface area contributed by atoms with Crippen molar-refractivity contribution in [2.24, 2.45) is 0 Å². The van der Waals surface area contributed by atoms with Crippen LogP contribution < -0.4 is 0 Å². The number of hydrogen-bond acceptors (Lipinski definition) is 5. The topological polar surface area (TPSA) is 88.7 Å². The zero-order valence-corrected chi connectivity index (χ0v) is 12.0. The highest BCUT2D eigenvalue weighted by Crippen LogP contribution is 2.36. The third-order valence-electron chi connectivity index (χ3n) is 4.00. The minimum atomic E-state index is -0.441. The van der Waals surface area contributed by atoms with Gasteiger partial charge in [-0.25, -0.2) is 0 Å². The summed E-state index contributed by atoms with van der Waals surface area (Å²) in [5.41, 5.74) is 0.554. The lowest BCUT2D eigenvalue weighted by atomic mass is 9.88. The second kappa shape index (κ2) is 4.36. The van der Waals surface area contributed by atoms with Crippen molar-refractivity contribution in [3.8, 4) is 5.75 Å². The number of ketones is 3. The second-order valence-electron chi connectivity index (χ2n) is 5.32. The average Bonchev–Trinajstić information content (AvgIpc) is 2.90. The lowest BCUT2D eigenvalue weighted by Gasteiger charge is -2.14. The predicted octanol–water partition coefficient (Wildman–Crippen LogP) is 2.02. The maximum absolute atomic E-state index is 12.8. The number of fused-ring (bicyclic) bond motifs is 4. The van der Waals surface area contributed by atoms with E-state index in [2.05, 4.69) is 4.98 Å². The van der Waals surface area contributed by atoms with Gasteiger partial charge in [0.1, 0.15) is 17.1 Å². The molecule has 6 nitrogen and oxygen atoms in total. The smallest absolute Gasteiger partial charge is 0.229 e. The van der Waals surface area contributed by atoms with Crippen molar-refractivity contribution in [1.29, 1.82) is 0 Å². The van der Waals surface area contributed by atoms with Crippen molar-refractivity contribution in [1.82, 2.24) is 9.38 Å². The van der Waals surface area contributed by atoms with Crippen LogP contribution in [0.15, 0.2) is 36.7 Å². The number of Topliss-reactive ketones (excluding diaryl/α,β-unsaturated/α-hetero) is 1. The molecule has 3 aromatic rings. The van der Waals surface area contributed by atoms with E-state index in [9.17, 15) is 19.5 Å². The SMILES string of the molecule is CC(=O)c1c2c(n3cccc(O)c13)C(=O)c1ncccc1C2=O. The van der Waals surface area contributed by atoms with Gasteiger partial charge in [-0.15, -0.1) is 0 Å². The fraction of sp³-hybridized carbons (Fsp3) is 0.0588. The molecule has 1 aliphatic rings. The fourth-order valence-electron chi connectivity index (χ4n) is 3.09. The molecule has 4 rings (SSSR count). The molecular weight excluding hydrogens is 296 g/mol. The minimum Gasteiger partial charge on any atom is -0.506 e. The first kappa shape index (κ1) is 13.4. The van der Waals surface area contributed by atoms with Gasteiger partial charge in [0.2, 0.25) is 5.78 Å². The summed E-state index contributed by atoms with van der Waals surface area (Å²) in [7, 11) is 0. The van der Waals surface area contributed by atoms with Gasteiger partial charge >= 0.3 is 0 Å². The van der Waals surface area contributed by atoms with Gasteiger partial charge in [-0.05, 0) is 31.2 Å². The van der Waals surface area contributed by atoms with E-state index < -0.39 is 17.3 Å². The summed E-state index contributed by atoms with van der Waals surface area (Å²) >= 11 is 0. The first-order valence-corrected chi connectivity index (χ1v) is 6.93. The van der Waals surface area contributed by atoms with E-state index in [1.54, 1.807) is 12.3 Å². The van der Waals surface area contributed by atoms with E-state index in [1.807, 2.05) is 0 Å². The number of rotatable bonds is 1. The van der Waals surface area contributed by atoms with E-state index in [1.165, 1.54) is 35.7 Å². The molecule has 0 atom stereocenters. The standard InChI is InChI=1S/C17H10N2O4/c1-8(20)11-12-15(19-7-3-5-10(21)14(11)19)17(23)13-9(16(12)22)4-2-6-18-13/h2-7,21H,1H3. The van der Waals surface area contributed by atoms with Crippen molar-refractivity contribution >= 4 is 22.9 Å². The van der Waals surface area contributed by atoms with E-state index in [0.29, 0.717) is 0 Å². The van der Waals surface area contributed by atoms with Crippen LogP contribution in [0, 0.1) is 0 Å². The zero-order valence-electron chi connectivity index (χ0n) is 12.0. The molecule has 1 N–H and O–H groups in total. The van der Waals surface area contributed by atoms with Gasteiger partial charge in [0.15, 0.2) is 11.6 Å². The summed E-state index contributed by atoms with van der Waals surface area (Å²) in [5.74, 6) is -1.43. The maximum atomic E-state index is 12.8. The number of hydrogen-bond donors (Lipinski definition) is 1. The van der Waals surface area contributed by atoms with Crippen LogP contribution in [0.25, 0.3) is 5.52 Å². The molecule has 1 aliphatic carbocycles. The van der Waals surface area contributed by atoms with E-state index in [0.717, 1.165) is 0 Å². The Balaban J connectivity index is 2.23. The van der Waals surface area contributed by atoms with Gasteiger partial charge in [-0.3, -0.25) is 19.4 Å². The van der Waals surface area contributed by atoms with Crippen LogP contribution in [0.1, 0.15) is 49.4 Å². The highest BCUT2D eigenvalue weighted by atomic mass is 16.3. The summed E-state index contributed by atoms with van der Waals surface area (Å²) in [6.45, 7) is 1.30. The third-order valence-corrected chi connectivity index (χ3v) is 4.00. The summed E-state index contributed by atoms with van der Waals surface area (Å²) in [4.78, 5) is 41.7. The summed E-state index contributed by atoms with van der Waals surface area (Å²) < 4.78 is 1.39. The molecule has 0 aliphatic heterocycles. The largest absolute Gasteiger partial charge is 0.506 e. The number of carbonyl (C=O) groups is 3. The first-order chi connectivity index (χ1) is 11.0. The zero-order chi connectivity index (χ0) is 16.3. The molecule has 3 heterocycles. The molecule has 0 saturated heterocycles. The molecule has 112 valence electrons. The number of aromatic nitrogens is 2. The number of aromatic hydroxyl groups is 1. The molecule has 0 bridgehead atoms. The number of carbonyl (C=O) groups excluding carboxylic acids is 3. The average molecular weight is 306 g/mol. The highest BCUT2D eigenvalue weighted by molar-refractivity contribution is 6.31. The van der Waals surface area contributed by atoms with Crippen LogP contribution in [-0.2, 0) is 0 Å². The Labute approximate surface area is 130 Å². The first-order valence-electron chi connectivity index (χ1n) is 6.93. The molecule has 0 spiro atoms. The number of pyridine rings is 2. The third kappa shape index (κ3) is 1.57. The Morgan fingerprint density at radius 2 is 1.96 bits per heavy atom. The molecule has 0 radical (unpaired) electrons. The van der Waals surface area contributed by atoms with Crippen molar-refractivity contribution in [3.05, 3.63) is 64.7 Å². The van der Waals surface area contributed by atoms with Gasteiger partial charge < -0.3 is 9.51 Å². The van der Waals surface area contributed by atoms with Crippen LogP contribution in [0.3, 0.4) is 0 Å². The Hall–Kier alpha value is -3.28.